The van der Waals surface area contributed by atoms with E-state index < -0.39 is 4.92 Å². The van der Waals surface area contributed by atoms with Crippen LogP contribution in [0.1, 0.15) is 13.8 Å². The number of nitrogens with zero attached hydrogens (tertiary/aromatic N) is 3. The van der Waals surface area contributed by atoms with Crippen LogP contribution < -0.4 is 10.1 Å². The Kier molecular flexibility index (Phi) is 5.25. The van der Waals surface area contributed by atoms with Gasteiger partial charge in [0.05, 0.1) is 24.7 Å². The summed E-state index contributed by atoms with van der Waals surface area (Å²) in [5, 5.41) is 13.7. The number of nitrogens with one attached hydrogen (secondary N) is 1. The molecule has 1 aromatic rings. The highest BCUT2D eigenvalue weighted by atomic mass is 16.6. The van der Waals surface area contributed by atoms with Crippen molar-refractivity contribution in [1.29, 1.82) is 0 Å². The summed E-state index contributed by atoms with van der Waals surface area (Å²) in [6, 6.07) is 0. The summed E-state index contributed by atoms with van der Waals surface area (Å²) in [5.74, 6) is 0.0569. The van der Waals surface area contributed by atoms with E-state index >= 15 is 0 Å². The van der Waals surface area contributed by atoms with Crippen LogP contribution in [-0.2, 0) is 4.74 Å². The van der Waals surface area contributed by atoms with Gasteiger partial charge in [0, 0.05) is 6.54 Å². The molecule has 0 fully saturated rings. The fraction of sp³-hybridized carbons (Fsp3) is 0.600. The summed E-state index contributed by atoms with van der Waals surface area (Å²) in [7, 11) is 1.32. The molecule has 0 unspecified atom stereocenters. The normalized spacial score (nSPS) is 10.4. The molecule has 8 nitrogen and oxygen atoms in total. The van der Waals surface area contributed by atoms with Crippen molar-refractivity contribution in [2.75, 3.05) is 25.6 Å². The summed E-state index contributed by atoms with van der Waals surface area (Å²) in [5.41, 5.74) is -0.274. The number of anilines is 1. The molecule has 1 heterocycles. The van der Waals surface area contributed by atoms with Gasteiger partial charge in [-0.2, -0.15) is 4.98 Å². The minimum Gasteiger partial charge on any atom is -0.476 e. The predicted octanol–water partition coefficient (Wildman–Crippen LogP) is 1.23. The van der Waals surface area contributed by atoms with E-state index in [0.717, 1.165) is 0 Å². The number of hydrogen-bond acceptors (Lipinski definition) is 7. The first-order valence-corrected chi connectivity index (χ1v) is 5.45. The Labute approximate surface area is 104 Å². The van der Waals surface area contributed by atoms with Crippen LogP contribution in [0.4, 0.5) is 11.5 Å². The molecule has 1 rings (SSSR count). The first-order valence-electron chi connectivity index (χ1n) is 5.45. The van der Waals surface area contributed by atoms with Crippen molar-refractivity contribution in [1.82, 2.24) is 9.97 Å². The Morgan fingerprint density at radius 1 is 1.50 bits per heavy atom. The van der Waals surface area contributed by atoms with Crippen LogP contribution in [0.3, 0.4) is 0 Å². The average Bonchev–Trinajstić information content (AvgIpc) is 2.33. The van der Waals surface area contributed by atoms with Gasteiger partial charge in [-0.05, 0) is 13.8 Å². The standard InChI is InChI=1S/C10H16N4O4/c1-7(2)18-5-4-11-9-8(14(15)16)10(17-3)13-6-12-9/h6-7H,4-5H2,1-3H3,(H,11,12,13). The molecule has 0 radical (unpaired) electrons. The zero-order chi connectivity index (χ0) is 13.5. The third-order valence-electron chi connectivity index (χ3n) is 2.01. The highest BCUT2D eigenvalue weighted by molar-refractivity contribution is 5.60. The summed E-state index contributed by atoms with van der Waals surface area (Å²) < 4.78 is 10.1. The van der Waals surface area contributed by atoms with E-state index in [4.69, 9.17) is 9.47 Å². The summed E-state index contributed by atoms with van der Waals surface area (Å²) in [4.78, 5) is 17.9. The Bertz CT molecular complexity index is 411. The summed E-state index contributed by atoms with van der Waals surface area (Å²) in [6.07, 6.45) is 1.32. The molecule has 1 N–H and O–H groups in total. The van der Waals surface area contributed by atoms with Gasteiger partial charge in [0.1, 0.15) is 6.33 Å². The van der Waals surface area contributed by atoms with Crippen molar-refractivity contribution in [2.24, 2.45) is 0 Å². The maximum atomic E-state index is 10.9. The Morgan fingerprint density at radius 3 is 2.78 bits per heavy atom. The van der Waals surface area contributed by atoms with Crippen LogP contribution in [-0.4, -0.2) is 41.3 Å². The van der Waals surface area contributed by atoms with E-state index in [2.05, 4.69) is 15.3 Å². The molecule has 0 saturated heterocycles. The second-order valence-electron chi connectivity index (χ2n) is 3.68. The number of rotatable bonds is 7. The third kappa shape index (κ3) is 3.81. The maximum Gasteiger partial charge on any atom is 0.372 e. The van der Waals surface area contributed by atoms with E-state index in [1.807, 2.05) is 13.8 Å². The molecule has 0 aliphatic rings. The molecule has 0 aliphatic carbocycles. The maximum absolute atomic E-state index is 10.9. The molecule has 100 valence electrons. The Balaban J connectivity index is 2.72. The number of hydrogen-bond donors (Lipinski definition) is 1. The molecule has 0 amide bonds. The van der Waals surface area contributed by atoms with Crippen molar-refractivity contribution in [3.05, 3.63) is 16.4 Å². The lowest BCUT2D eigenvalue weighted by molar-refractivity contribution is -0.385. The van der Waals surface area contributed by atoms with Crippen LogP contribution in [0.2, 0.25) is 0 Å². The molecule has 0 saturated carbocycles. The topological polar surface area (TPSA) is 99.4 Å². The van der Waals surface area contributed by atoms with Gasteiger partial charge in [-0.25, -0.2) is 4.98 Å². The van der Waals surface area contributed by atoms with E-state index in [1.54, 1.807) is 0 Å². The van der Waals surface area contributed by atoms with Crippen LogP contribution >= 0.6 is 0 Å². The molecule has 1 aromatic heterocycles. The van der Waals surface area contributed by atoms with Crippen LogP contribution in [0.5, 0.6) is 5.88 Å². The molecular weight excluding hydrogens is 240 g/mol. The van der Waals surface area contributed by atoms with Gasteiger partial charge < -0.3 is 14.8 Å². The summed E-state index contributed by atoms with van der Waals surface area (Å²) in [6.45, 7) is 4.67. The van der Waals surface area contributed by atoms with Gasteiger partial charge in [-0.3, -0.25) is 10.1 Å². The lowest BCUT2D eigenvalue weighted by atomic mass is 10.4. The number of nitro groups is 1. The smallest absolute Gasteiger partial charge is 0.372 e. The van der Waals surface area contributed by atoms with Crippen molar-refractivity contribution >= 4 is 11.5 Å². The van der Waals surface area contributed by atoms with Gasteiger partial charge in [-0.15, -0.1) is 0 Å². The number of ether oxygens (including phenoxy) is 2. The fourth-order valence-electron chi connectivity index (χ4n) is 1.27. The molecule has 0 aliphatic heterocycles. The average molecular weight is 256 g/mol. The predicted molar refractivity (Wildman–Crippen MR) is 64.8 cm³/mol. The minimum atomic E-state index is -0.579. The number of aromatic nitrogens is 2. The van der Waals surface area contributed by atoms with Gasteiger partial charge >= 0.3 is 5.69 Å². The van der Waals surface area contributed by atoms with E-state index in [9.17, 15) is 10.1 Å². The first-order chi connectivity index (χ1) is 8.56. The Hall–Kier alpha value is -1.96. The van der Waals surface area contributed by atoms with Crippen LogP contribution in [0.25, 0.3) is 0 Å². The lowest BCUT2D eigenvalue weighted by Crippen LogP contribution is -2.15. The molecule has 0 spiro atoms. The molecule has 0 aromatic carbocycles. The van der Waals surface area contributed by atoms with Crippen molar-refractivity contribution < 1.29 is 14.4 Å². The zero-order valence-electron chi connectivity index (χ0n) is 10.5. The second kappa shape index (κ2) is 6.70. The Morgan fingerprint density at radius 2 is 2.22 bits per heavy atom. The highest BCUT2D eigenvalue weighted by Crippen LogP contribution is 2.29. The van der Waals surface area contributed by atoms with Gasteiger partial charge in [0.15, 0.2) is 0 Å². The molecule has 8 heteroatoms. The molecule has 0 atom stereocenters. The van der Waals surface area contributed by atoms with Gasteiger partial charge in [0.2, 0.25) is 5.82 Å². The lowest BCUT2D eigenvalue weighted by Gasteiger charge is -2.09. The fourth-order valence-corrected chi connectivity index (χ4v) is 1.27. The van der Waals surface area contributed by atoms with Gasteiger partial charge in [0.25, 0.3) is 5.88 Å². The third-order valence-corrected chi connectivity index (χ3v) is 2.01. The minimum absolute atomic E-state index is 0.0673. The van der Waals surface area contributed by atoms with Crippen LogP contribution in [0.15, 0.2) is 6.33 Å². The quantitative estimate of drug-likeness (QED) is 0.445. The molecule has 0 bridgehead atoms. The van der Waals surface area contributed by atoms with Crippen molar-refractivity contribution in [3.8, 4) is 5.88 Å². The first kappa shape index (κ1) is 14.1. The van der Waals surface area contributed by atoms with Gasteiger partial charge in [-0.1, -0.05) is 0 Å². The second-order valence-corrected chi connectivity index (χ2v) is 3.68. The molecule has 18 heavy (non-hydrogen) atoms. The van der Waals surface area contributed by atoms with Crippen LogP contribution in [0, 0.1) is 10.1 Å². The van der Waals surface area contributed by atoms with E-state index in [-0.39, 0.29) is 23.5 Å². The SMILES string of the molecule is COc1ncnc(NCCOC(C)C)c1[N+](=O)[O-]. The van der Waals surface area contributed by atoms with Crippen molar-refractivity contribution in [2.45, 2.75) is 20.0 Å². The monoisotopic (exact) mass is 256 g/mol. The van der Waals surface area contributed by atoms with Crippen molar-refractivity contribution in [3.63, 3.8) is 0 Å². The highest BCUT2D eigenvalue weighted by Gasteiger charge is 2.23. The largest absolute Gasteiger partial charge is 0.476 e. The number of methoxy groups -OCH3 is 1. The van der Waals surface area contributed by atoms with E-state index in [0.29, 0.717) is 13.2 Å². The molecular formula is C10H16N4O4. The summed E-state index contributed by atoms with van der Waals surface area (Å²) >= 11 is 0. The van der Waals surface area contributed by atoms with E-state index in [1.165, 1.54) is 13.4 Å². The zero-order valence-corrected chi connectivity index (χ0v) is 10.5.